The van der Waals surface area contributed by atoms with E-state index in [0.717, 1.165) is 47.1 Å². The number of halogens is 1. The Morgan fingerprint density at radius 1 is 1.26 bits per heavy atom. The number of fused-ring (bicyclic) bond motifs is 1. The van der Waals surface area contributed by atoms with Crippen LogP contribution in [0, 0.1) is 12.7 Å². The minimum absolute atomic E-state index is 0.199. The van der Waals surface area contributed by atoms with E-state index in [2.05, 4.69) is 21.3 Å². The van der Waals surface area contributed by atoms with Gasteiger partial charge in [-0.1, -0.05) is 12.1 Å². The molecule has 4 rings (SSSR count). The molecule has 1 fully saturated rings. The summed E-state index contributed by atoms with van der Waals surface area (Å²) in [4.78, 5) is 6.64. The molecule has 0 amide bonds. The van der Waals surface area contributed by atoms with Crippen LogP contribution >= 0.6 is 0 Å². The number of nitrogens with zero attached hydrogens (tertiary/aromatic N) is 2. The Bertz CT molecular complexity index is 965. The number of hydrogen-bond donors (Lipinski definition) is 2. The molecule has 1 aliphatic rings. The van der Waals surface area contributed by atoms with Gasteiger partial charge in [-0.05, 0) is 62.2 Å². The average molecular weight is 364 g/mol. The van der Waals surface area contributed by atoms with Crippen molar-refractivity contribution in [2.75, 3.05) is 30.8 Å². The molecule has 3 aromatic rings. The molecule has 0 spiro atoms. The first-order chi connectivity index (χ1) is 13.1. The minimum atomic E-state index is -0.199. The monoisotopic (exact) mass is 364 g/mol. The highest BCUT2D eigenvalue weighted by Crippen LogP contribution is 2.37. The normalized spacial score (nSPS) is 17.4. The van der Waals surface area contributed by atoms with Crippen LogP contribution in [0.2, 0.25) is 0 Å². The molecule has 4 nitrogen and oxygen atoms in total. The Labute approximate surface area is 159 Å². The maximum absolute atomic E-state index is 14.6. The number of rotatable bonds is 3. The molecule has 0 bridgehead atoms. The number of aryl methyl sites for hydroxylation is 1. The molecule has 1 atom stereocenters. The van der Waals surface area contributed by atoms with E-state index < -0.39 is 0 Å². The number of anilines is 2. The minimum Gasteiger partial charge on any atom is -0.384 e. The first-order valence-electron chi connectivity index (χ1n) is 9.44. The molecule has 0 aliphatic carbocycles. The maximum atomic E-state index is 14.6. The van der Waals surface area contributed by atoms with E-state index in [4.69, 9.17) is 5.73 Å². The highest BCUT2D eigenvalue weighted by molar-refractivity contribution is 5.99. The zero-order chi connectivity index (χ0) is 19.0. The summed E-state index contributed by atoms with van der Waals surface area (Å²) in [6, 6.07) is 11.7. The van der Waals surface area contributed by atoms with Crippen molar-refractivity contribution >= 4 is 22.3 Å². The lowest BCUT2D eigenvalue weighted by Gasteiger charge is -2.35. The van der Waals surface area contributed by atoms with E-state index in [1.54, 1.807) is 12.3 Å². The lowest BCUT2D eigenvalue weighted by molar-refractivity contribution is 0.450. The number of hydrogen-bond acceptors (Lipinski definition) is 4. The van der Waals surface area contributed by atoms with Crippen LogP contribution < -0.4 is 16.0 Å². The second-order valence-electron chi connectivity index (χ2n) is 7.33. The Morgan fingerprint density at radius 2 is 2.11 bits per heavy atom. The molecular weight excluding hydrogens is 339 g/mol. The van der Waals surface area contributed by atoms with Crippen LogP contribution in [0.15, 0.2) is 42.6 Å². The highest BCUT2D eigenvalue weighted by Gasteiger charge is 2.22. The first-order valence-corrected chi connectivity index (χ1v) is 9.44. The number of piperidine rings is 1. The van der Waals surface area contributed by atoms with Gasteiger partial charge in [-0.15, -0.1) is 0 Å². The first kappa shape index (κ1) is 17.7. The lowest BCUT2D eigenvalue weighted by atomic mass is 9.95. The fraction of sp³-hybridized carbons (Fsp3) is 0.318. The molecule has 0 radical (unpaired) electrons. The summed E-state index contributed by atoms with van der Waals surface area (Å²) in [5.41, 5.74) is 9.53. The number of pyridine rings is 1. The number of nitrogens with two attached hydrogens (primary N) is 1. The summed E-state index contributed by atoms with van der Waals surface area (Å²) in [5.74, 6) is 0.302. The molecule has 1 aromatic heterocycles. The summed E-state index contributed by atoms with van der Waals surface area (Å²) in [5, 5.41) is 5.43. The van der Waals surface area contributed by atoms with Gasteiger partial charge in [-0.3, -0.25) is 0 Å². The molecule has 2 aromatic carbocycles. The van der Waals surface area contributed by atoms with Gasteiger partial charge in [0.2, 0.25) is 0 Å². The van der Waals surface area contributed by atoms with Gasteiger partial charge in [-0.25, -0.2) is 9.37 Å². The molecule has 0 unspecified atom stereocenters. The Morgan fingerprint density at radius 3 is 2.89 bits per heavy atom. The highest BCUT2D eigenvalue weighted by atomic mass is 19.1. The third-order valence-electron chi connectivity index (χ3n) is 5.52. The van der Waals surface area contributed by atoms with Gasteiger partial charge in [0.15, 0.2) is 0 Å². The van der Waals surface area contributed by atoms with Crippen LogP contribution in [-0.2, 0) is 0 Å². The third-order valence-corrected chi connectivity index (χ3v) is 5.52. The number of nitrogens with one attached hydrogen (secondary N) is 1. The van der Waals surface area contributed by atoms with E-state index in [1.165, 1.54) is 12.5 Å². The summed E-state index contributed by atoms with van der Waals surface area (Å²) >= 11 is 0. The zero-order valence-corrected chi connectivity index (χ0v) is 15.8. The van der Waals surface area contributed by atoms with Gasteiger partial charge in [0, 0.05) is 47.4 Å². The second kappa shape index (κ2) is 7.16. The van der Waals surface area contributed by atoms with Crippen LogP contribution in [0.3, 0.4) is 0 Å². The standard InChI is InChI=1S/C22H25FN4/c1-14-5-3-7-19(23)22(14)15-9-16-12-26-21(24)11-18(16)20(10-15)27-8-4-6-17(13-27)25-2/h3,5,7,9-12,17,25H,4,6,8,13H2,1-2H3,(H2,24,26)/t17-/m0/s1. The van der Waals surface area contributed by atoms with Gasteiger partial charge < -0.3 is 16.0 Å². The maximum Gasteiger partial charge on any atom is 0.131 e. The third kappa shape index (κ3) is 3.35. The van der Waals surface area contributed by atoms with E-state index in [1.807, 2.05) is 32.2 Å². The molecule has 0 saturated carbocycles. The van der Waals surface area contributed by atoms with E-state index in [-0.39, 0.29) is 5.82 Å². The molecule has 3 N–H and O–H groups in total. The molecule has 5 heteroatoms. The Kier molecular flexibility index (Phi) is 4.70. The predicted octanol–water partition coefficient (Wildman–Crippen LogP) is 4.12. The molecule has 2 heterocycles. The largest absolute Gasteiger partial charge is 0.384 e. The SMILES string of the molecule is CN[C@H]1CCCN(c2cc(-c3c(C)cccc3F)cc3cnc(N)cc23)C1. The quantitative estimate of drug-likeness (QED) is 0.734. The van der Waals surface area contributed by atoms with Gasteiger partial charge >= 0.3 is 0 Å². The van der Waals surface area contributed by atoms with Crippen LogP contribution in [0.1, 0.15) is 18.4 Å². The van der Waals surface area contributed by atoms with E-state index in [9.17, 15) is 4.39 Å². The fourth-order valence-corrected chi connectivity index (χ4v) is 4.09. The average Bonchev–Trinajstić information content (AvgIpc) is 2.67. The van der Waals surface area contributed by atoms with Gasteiger partial charge in [-0.2, -0.15) is 0 Å². The van der Waals surface area contributed by atoms with Crippen LogP contribution in [-0.4, -0.2) is 31.2 Å². The Hall–Kier alpha value is -2.66. The topological polar surface area (TPSA) is 54.2 Å². The van der Waals surface area contributed by atoms with Crippen molar-refractivity contribution in [1.29, 1.82) is 0 Å². The molecule has 140 valence electrons. The van der Waals surface area contributed by atoms with Gasteiger partial charge in [0.1, 0.15) is 11.6 Å². The Balaban J connectivity index is 1.92. The number of benzene rings is 2. The molecular formula is C22H25FN4. The van der Waals surface area contributed by atoms with Gasteiger partial charge in [0.25, 0.3) is 0 Å². The van der Waals surface area contributed by atoms with Crippen molar-refractivity contribution < 1.29 is 4.39 Å². The summed E-state index contributed by atoms with van der Waals surface area (Å²) in [6.45, 7) is 3.85. The zero-order valence-electron chi connectivity index (χ0n) is 15.8. The van der Waals surface area contributed by atoms with Crippen LogP contribution in [0.4, 0.5) is 15.9 Å². The van der Waals surface area contributed by atoms with Crippen molar-refractivity contribution in [3.05, 3.63) is 54.0 Å². The van der Waals surface area contributed by atoms with Crippen molar-refractivity contribution in [2.24, 2.45) is 0 Å². The smallest absolute Gasteiger partial charge is 0.131 e. The van der Waals surface area contributed by atoms with Crippen molar-refractivity contribution in [3.8, 4) is 11.1 Å². The summed E-state index contributed by atoms with van der Waals surface area (Å²) < 4.78 is 14.6. The lowest BCUT2D eigenvalue weighted by Crippen LogP contribution is -2.44. The second-order valence-corrected chi connectivity index (χ2v) is 7.33. The van der Waals surface area contributed by atoms with E-state index >= 15 is 0 Å². The van der Waals surface area contributed by atoms with Crippen molar-refractivity contribution in [2.45, 2.75) is 25.8 Å². The van der Waals surface area contributed by atoms with Crippen LogP contribution in [0.5, 0.6) is 0 Å². The van der Waals surface area contributed by atoms with E-state index in [0.29, 0.717) is 17.4 Å². The fourth-order valence-electron chi connectivity index (χ4n) is 4.09. The van der Waals surface area contributed by atoms with Crippen molar-refractivity contribution in [3.63, 3.8) is 0 Å². The number of aromatic nitrogens is 1. The summed E-state index contributed by atoms with van der Waals surface area (Å²) in [6.07, 6.45) is 4.07. The van der Waals surface area contributed by atoms with Gasteiger partial charge in [0.05, 0.1) is 0 Å². The number of nitrogen functional groups attached to an aromatic ring is 1. The summed E-state index contributed by atoms with van der Waals surface area (Å²) in [7, 11) is 2.01. The molecule has 1 aliphatic heterocycles. The molecule has 27 heavy (non-hydrogen) atoms. The molecule has 1 saturated heterocycles. The van der Waals surface area contributed by atoms with Crippen LogP contribution in [0.25, 0.3) is 21.9 Å². The predicted molar refractivity (Wildman–Crippen MR) is 111 cm³/mol. The number of likely N-dealkylation sites (N-methyl/N-ethyl adjacent to an activating group) is 1. The van der Waals surface area contributed by atoms with Crippen molar-refractivity contribution in [1.82, 2.24) is 10.3 Å².